The zero-order chi connectivity index (χ0) is 14.1. The van der Waals surface area contributed by atoms with Gasteiger partial charge in [0.1, 0.15) is 0 Å². The van der Waals surface area contributed by atoms with Crippen molar-refractivity contribution in [3.63, 3.8) is 0 Å². The van der Waals surface area contributed by atoms with Gasteiger partial charge in [-0.05, 0) is 18.8 Å². The molecule has 5 N–H and O–H groups in total. The average molecular weight is 270 g/mol. The Kier molecular flexibility index (Phi) is 6.83. The lowest BCUT2D eigenvalue weighted by atomic mass is 10.1. The Morgan fingerprint density at radius 1 is 1.32 bits per heavy atom. The molecule has 0 saturated heterocycles. The Morgan fingerprint density at radius 3 is 2.68 bits per heavy atom. The quantitative estimate of drug-likeness (QED) is 0.375. The summed E-state index contributed by atoms with van der Waals surface area (Å²) in [6, 6.07) is 0.238. The van der Waals surface area contributed by atoms with Gasteiger partial charge in [-0.15, -0.1) is 0 Å². The molecule has 0 fully saturated rings. The molecule has 1 aromatic rings. The molecule has 1 atom stereocenters. The molecule has 0 aliphatic heterocycles. The summed E-state index contributed by atoms with van der Waals surface area (Å²) in [5.41, 5.74) is 2.37. The van der Waals surface area contributed by atoms with E-state index >= 15 is 0 Å². The molecular weight excluding hydrogens is 248 g/mol. The van der Waals surface area contributed by atoms with Crippen molar-refractivity contribution >= 4 is 11.9 Å². The summed E-state index contributed by atoms with van der Waals surface area (Å²) >= 11 is 0. The van der Waals surface area contributed by atoms with Crippen LogP contribution < -0.4 is 21.3 Å². The van der Waals surface area contributed by atoms with Gasteiger partial charge in [-0.1, -0.05) is 13.8 Å². The minimum Gasteiger partial charge on any atom is -0.463 e. The van der Waals surface area contributed by atoms with Crippen molar-refractivity contribution in [2.24, 2.45) is 11.8 Å². The van der Waals surface area contributed by atoms with Crippen LogP contribution in [0.2, 0.25) is 0 Å². The number of nitrogen functional groups attached to an aromatic ring is 1. The van der Waals surface area contributed by atoms with Crippen LogP contribution in [-0.4, -0.2) is 39.8 Å². The summed E-state index contributed by atoms with van der Waals surface area (Å²) in [7, 11) is 0. The van der Waals surface area contributed by atoms with Crippen molar-refractivity contribution in [3.05, 3.63) is 0 Å². The van der Waals surface area contributed by atoms with Gasteiger partial charge < -0.3 is 15.2 Å². The number of anilines is 2. The first-order chi connectivity index (χ1) is 9.19. The van der Waals surface area contributed by atoms with E-state index in [1.54, 1.807) is 0 Å². The third kappa shape index (κ3) is 5.66. The number of aliphatic hydroxyl groups excluding tert-OH is 1. The Hall–Kier alpha value is -1.67. The maximum atomic E-state index is 8.84. The van der Waals surface area contributed by atoms with Gasteiger partial charge in [0.25, 0.3) is 0 Å². The maximum absolute atomic E-state index is 8.84. The van der Waals surface area contributed by atoms with E-state index in [1.807, 2.05) is 13.8 Å². The van der Waals surface area contributed by atoms with Crippen LogP contribution in [0.15, 0.2) is 0 Å². The van der Waals surface area contributed by atoms with Gasteiger partial charge in [-0.2, -0.15) is 15.0 Å². The van der Waals surface area contributed by atoms with Crippen molar-refractivity contribution in [1.82, 2.24) is 15.0 Å². The number of hydrazine groups is 1. The summed E-state index contributed by atoms with van der Waals surface area (Å²) in [5.74, 6) is 6.27. The van der Waals surface area contributed by atoms with E-state index in [1.165, 1.54) is 0 Å². The third-order valence-corrected chi connectivity index (χ3v) is 2.41. The van der Waals surface area contributed by atoms with E-state index in [4.69, 9.17) is 15.7 Å². The first-order valence-electron chi connectivity index (χ1n) is 6.39. The molecule has 0 aliphatic rings. The average Bonchev–Trinajstić information content (AvgIpc) is 2.43. The summed E-state index contributed by atoms with van der Waals surface area (Å²) in [5, 5.41) is 11.9. The number of nitrogens with one attached hydrogen (secondary N) is 2. The Morgan fingerprint density at radius 2 is 2.05 bits per heavy atom. The number of aliphatic hydroxyl groups is 1. The molecule has 1 heterocycles. The van der Waals surface area contributed by atoms with Crippen LogP contribution in [0, 0.1) is 5.92 Å². The molecule has 8 nitrogen and oxygen atoms in total. The molecule has 1 unspecified atom stereocenters. The van der Waals surface area contributed by atoms with Crippen molar-refractivity contribution in [1.29, 1.82) is 0 Å². The second-order valence-electron chi connectivity index (χ2n) is 4.26. The van der Waals surface area contributed by atoms with Gasteiger partial charge in [0, 0.05) is 13.2 Å². The maximum Gasteiger partial charge on any atom is 0.323 e. The van der Waals surface area contributed by atoms with Gasteiger partial charge in [-0.25, -0.2) is 5.84 Å². The number of nitrogens with zero attached hydrogens (tertiary/aromatic N) is 3. The minimum atomic E-state index is 0.167. The van der Waals surface area contributed by atoms with Gasteiger partial charge in [0.05, 0.1) is 6.61 Å². The number of hydrogen-bond acceptors (Lipinski definition) is 8. The smallest absolute Gasteiger partial charge is 0.323 e. The molecule has 0 amide bonds. The topological polar surface area (TPSA) is 118 Å². The number of nitrogens with two attached hydrogens (primary N) is 1. The van der Waals surface area contributed by atoms with Gasteiger partial charge in [0.15, 0.2) is 0 Å². The molecule has 0 spiro atoms. The number of rotatable bonds is 9. The highest BCUT2D eigenvalue weighted by Gasteiger charge is 2.08. The largest absolute Gasteiger partial charge is 0.463 e. The fourth-order valence-electron chi connectivity index (χ4n) is 1.35. The van der Waals surface area contributed by atoms with Gasteiger partial charge >= 0.3 is 6.01 Å². The number of ether oxygens (including phenoxy) is 1. The predicted molar refractivity (Wildman–Crippen MR) is 72.8 cm³/mol. The van der Waals surface area contributed by atoms with E-state index in [-0.39, 0.29) is 18.6 Å². The molecule has 0 aromatic carbocycles. The summed E-state index contributed by atoms with van der Waals surface area (Å²) in [6.45, 7) is 5.39. The molecule has 0 bridgehead atoms. The lowest BCUT2D eigenvalue weighted by Crippen LogP contribution is -2.17. The molecule has 0 radical (unpaired) electrons. The van der Waals surface area contributed by atoms with E-state index in [0.717, 1.165) is 12.8 Å². The van der Waals surface area contributed by atoms with Crippen LogP contribution in [0.1, 0.15) is 26.7 Å². The molecule has 8 heteroatoms. The predicted octanol–water partition coefficient (Wildman–Crippen LogP) is 0.376. The first-order valence-corrected chi connectivity index (χ1v) is 6.39. The lowest BCUT2D eigenvalue weighted by molar-refractivity contribution is 0.265. The first kappa shape index (κ1) is 15.4. The van der Waals surface area contributed by atoms with Crippen molar-refractivity contribution in [2.45, 2.75) is 26.7 Å². The molecule has 1 aromatic heterocycles. The number of hydrogen-bond donors (Lipinski definition) is 4. The highest BCUT2D eigenvalue weighted by Crippen LogP contribution is 2.11. The molecule has 1 rings (SSSR count). The monoisotopic (exact) mass is 270 g/mol. The van der Waals surface area contributed by atoms with Crippen LogP contribution in [0.3, 0.4) is 0 Å². The Labute approximate surface area is 112 Å². The highest BCUT2D eigenvalue weighted by atomic mass is 16.5. The van der Waals surface area contributed by atoms with Gasteiger partial charge in [0.2, 0.25) is 11.9 Å². The van der Waals surface area contributed by atoms with E-state index < -0.39 is 0 Å². The fraction of sp³-hybridized carbons (Fsp3) is 0.727. The standard InChI is InChI=1S/C11H22N6O2/c1-3-6-19-11-15-9(14-10(16-11)17-12)13-7-8(2)4-5-18/h8,18H,3-7,12H2,1-2H3,(H2,13,14,15,16,17). The molecule has 108 valence electrons. The van der Waals surface area contributed by atoms with E-state index in [0.29, 0.717) is 25.0 Å². The Bertz CT molecular complexity index is 376. The summed E-state index contributed by atoms with van der Waals surface area (Å²) < 4.78 is 5.35. The van der Waals surface area contributed by atoms with Crippen molar-refractivity contribution in [3.8, 4) is 6.01 Å². The lowest BCUT2D eigenvalue weighted by Gasteiger charge is -2.12. The second-order valence-corrected chi connectivity index (χ2v) is 4.26. The summed E-state index contributed by atoms with van der Waals surface area (Å²) in [4.78, 5) is 12.2. The second kappa shape index (κ2) is 8.44. The van der Waals surface area contributed by atoms with Crippen molar-refractivity contribution < 1.29 is 9.84 Å². The van der Waals surface area contributed by atoms with Crippen LogP contribution in [0.5, 0.6) is 6.01 Å². The molecule has 19 heavy (non-hydrogen) atoms. The minimum absolute atomic E-state index is 0.167. The fourth-order valence-corrected chi connectivity index (χ4v) is 1.35. The van der Waals surface area contributed by atoms with E-state index in [2.05, 4.69) is 25.7 Å². The number of aromatic nitrogens is 3. The van der Waals surface area contributed by atoms with Crippen LogP contribution in [-0.2, 0) is 0 Å². The van der Waals surface area contributed by atoms with E-state index in [9.17, 15) is 0 Å². The zero-order valence-corrected chi connectivity index (χ0v) is 11.4. The summed E-state index contributed by atoms with van der Waals surface area (Å²) in [6.07, 6.45) is 1.59. The highest BCUT2D eigenvalue weighted by molar-refractivity contribution is 5.34. The van der Waals surface area contributed by atoms with Crippen LogP contribution in [0.4, 0.5) is 11.9 Å². The molecule has 0 aliphatic carbocycles. The zero-order valence-electron chi connectivity index (χ0n) is 11.4. The van der Waals surface area contributed by atoms with Crippen molar-refractivity contribution in [2.75, 3.05) is 30.5 Å². The molecule has 0 saturated carbocycles. The van der Waals surface area contributed by atoms with Gasteiger partial charge in [-0.3, -0.25) is 5.43 Å². The molecular formula is C11H22N6O2. The van der Waals surface area contributed by atoms with Crippen LogP contribution in [0.25, 0.3) is 0 Å². The third-order valence-electron chi connectivity index (χ3n) is 2.41. The van der Waals surface area contributed by atoms with Crippen LogP contribution >= 0.6 is 0 Å². The SMILES string of the molecule is CCCOc1nc(NN)nc(NCC(C)CCO)n1. The normalized spacial score (nSPS) is 12.0. The Balaban J connectivity index is 2.65.